The van der Waals surface area contributed by atoms with E-state index in [0.29, 0.717) is 47.2 Å². The zero-order chi connectivity index (χ0) is 25.7. The van der Waals surface area contributed by atoms with Gasteiger partial charge in [-0.25, -0.2) is 4.98 Å². The maximum Gasteiger partial charge on any atom is 0.238 e. The lowest BCUT2D eigenvalue weighted by atomic mass is 9.88. The van der Waals surface area contributed by atoms with Gasteiger partial charge in [-0.05, 0) is 54.7 Å². The summed E-state index contributed by atoms with van der Waals surface area (Å²) in [5.41, 5.74) is 8.05. The van der Waals surface area contributed by atoms with Crippen molar-refractivity contribution in [2.24, 2.45) is 29.4 Å². The zero-order valence-electron chi connectivity index (χ0n) is 20.5. The first-order chi connectivity index (χ1) is 17.9. The summed E-state index contributed by atoms with van der Waals surface area (Å²) in [6.45, 7) is 1.97. The number of anilines is 4. The summed E-state index contributed by atoms with van der Waals surface area (Å²) in [4.78, 5) is 35.8. The van der Waals surface area contributed by atoms with Crippen LogP contribution in [0.2, 0.25) is 5.02 Å². The third-order valence-corrected chi connectivity index (χ3v) is 8.03. The molecule has 10 nitrogen and oxygen atoms in total. The van der Waals surface area contributed by atoms with Crippen LogP contribution in [0.1, 0.15) is 24.8 Å². The van der Waals surface area contributed by atoms with Gasteiger partial charge in [0.25, 0.3) is 0 Å². The van der Waals surface area contributed by atoms with E-state index in [9.17, 15) is 9.59 Å². The fraction of sp³-hybridized carbons (Fsp3) is 0.462. The number of hydrogen-bond donors (Lipinski definition) is 4. The topological polar surface area (TPSA) is 135 Å². The Hall–Kier alpha value is -3.37. The van der Waals surface area contributed by atoms with E-state index >= 15 is 0 Å². The van der Waals surface area contributed by atoms with Crippen LogP contribution in [-0.2, 0) is 16.1 Å². The molecule has 4 atom stereocenters. The number of hydrogen-bond acceptors (Lipinski definition) is 8. The minimum atomic E-state index is -0.328. The number of halogens is 1. The van der Waals surface area contributed by atoms with Gasteiger partial charge in [0.2, 0.25) is 17.8 Å². The Kier molecular flexibility index (Phi) is 6.16. The number of carbonyl (C=O) groups excluding carboxylic acids is 2. The molecule has 11 heteroatoms. The molecule has 37 heavy (non-hydrogen) atoms. The van der Waals surface area contributed by atoms with Crippen molar-refractivity contribution in [2.45, 2.75) is 31.8 Å². The summed E-state index contributed by atoms with van der Waals surface area (Å²) >= 11 is 6.42. The van der Waals surface area contributed by atoms with E-state index in [-0.39, 0.29) is 35.6 Å². The number of ether oxygens (including phenoxy) is 1. The third kappa shape index (κ3) is 4.83. The van der Waals surface area contributed by atoms with E-state index in [1.54, 1.807) is 7.11 Å². The van der Waals surface area contributed by atoms with Crippen molar-refractivity contribution in [1.82, 2.24) is 14.9 Å². The summed E-state index contributed by atoms with van der Waals surface area (Å²) in [7, 11) is 1.60. The van der Waals surface area contributed by atoms with Crippen LogP contribution >= 0.6 is 11.6 Å². The number of carbonyl (C=O) groups is 2. The SMILES string of the molecule is COc1cc2c(cc1Nc1ncc(Cl)c(N[C@H]3[C@@H](C(N)=O)[C@@H]4C=C[C@H]3C4)n1)NC(=O)CN(CC1CC1)C2. The Balaban J connectivity index is 1.24. The highest BCUT2D eigenvalue weighted by Gasteiger charge is 2.47. The van der Waals surface area contributed by atoms with Crippen LogP contribution in [-0.4, -0.2) is 52.9 Å². The second kappa shape index (κ2) is 9.50. The van der Waals surface area contributed by atoms with E-state index in [1.165, 1.54) is 19.0 Å². The van der Waals surface area contributed by atoms with E-state index < -0.39 is 0 Å². The Morgan fingerprint density at radius 3 is 2.84 bits per heavy atom. The van der Waals surface area contributed by atoms with Crippen molar-refractivity contribution in [3.63, 3.8) is 0 Å². The molecule has 2 bridgehead atoms. The largest absolute Gasteiger partial charge is 0.495 e. The fourth-order valence-electron chi connectivity index (χ4n) is 5.83. The molecule has 2 amide bonds. The van der Waals surface area contributed by atoms with Crippen LogP contribution in [0.25, 0.3) is 0 Å². The Labute approximate surface area is 220 Å². The number of aromatic nitrogens is 2. The molecular weight excluding hydrogens is 494 g/mol. The van der Waals surface area contributed by atoms with Crippen molar-refractivity contribution < 1.29 is 14.3 Å². The number of fused-ring (bicyclic) bond motifs is 3. The lowest BCUT2D eigenvalue weighted by Crippen LogP contribution is -2.41. The molecule has 2 saturated carbocycles. The Bertz CT molecular complexity index is 1280. The highest BCUT2D eigenvalue weighted by atomic mass is 35.5. The first-order valence-corrected chi connectivity index (χ1v) is 13.0. The molecule has 1 aliphatic heterocycles. The van der Waals surface area contributed by atoms with Gasteiger partial charge in [-0.2, -0.15) is 4.98 Å². The van der Waals surface area contributed by atoms with Gasteiger partial charge < -0.3 is 26.4 Å². The molecule has 2 heterocycles. The summed E-state index contributed by atoms with van der Waals surface area (Å²) < 4.78 is 5.67. The van der Waals surface area contributed by atoms with Gasteiger partial charge in [0, 0.05) is 24.8 Å². The molecule has 4 aliphatic rings. The van der Waals surface area contributed by atoms with Crippen molar-refractivity contribution in [3.8, 4) is 5.75 Å². The summed E-state index contributed by atoms with van der Waals surface area (Å²) in [5, 5.41) is 9.92. The maximum atomic E-state index is 12.6. The first kappa shape index (κ1) is 24.0. The predicted octanol–water partition coefficient (Wildman–Crippen LogP) is 3.13. The molecule has 0 radical (unpaired) electrons. The lowest BCUT2D eigenvalue weighted by molar-refractivity contribution is -0.122. The number of amides is 2. The number of nitrogens with two attached hydrogens (primary N) is 1. The van der Waals surface area contributed by atoms with Gasteiger partial charge in [-0.3, -0.25) is 14.5 Å². The number of primary amides is 1. The van der Waals surface area contributed by atoms with Crippen LogP contribution in [0.15, 0.2) is 30.5 Å². The quantitative estimate of drug-likeness (QED) is 0.388. The van der Waals surface area contributed by atoms with Gasteiger partial charge in [-0.1, -0.05) is 23.8 Å². The maximum absolute atomic E-state index is 12.6. The normalized spacial score (nSPS) is 26.4. The van der Waals surface area contributed by atoms with Crippen molar-refractivity contribution in [2.75, 3.05) is 36.1 Å². The van der Waals surface area contributed by atoms with Gasteiger partial charge in [-0.15, -0.1) is 0 Å². The molecule has 2 fully saturated rings. The molecule has 6 rings (SSSR count). The monoisotopic (exact) mass is 523 g/mol. The number of rotatable bonds is 8. The molecule has 0 spiro atoms. The first-order valence-electron chi connectivity index (χ1n) is 12.6. The standard InChI is InChI=1S/C26H30ClN7O3/c1-37-20-7-16-11-34(10-13-2-3-13)12-21(35)30-18(16)8-19(20)31-26-29-9-17(27)25(33-26)32-23-15-5-4-14(6-15)22(23)24(28)36/h4-5,7-9,13-15,22-23H,2-3,6,10-12H2,1H3,(H2,28,36)(H,30,35)(H2,29,31,32,33)/t14-,15+,22+,23-/m1/s1. The third-order valence-electron chi connectivity index (χ3n) is 7.76. The minimum Gasteiger partial charge on any atom is -0.495 e. The number of methoxy groups -OCH3 is 1. The molecule has 2 aromatic rings. The molecule has 3 aliphatic carbocycles. The molecule has 0 saturated heterocycles. The highest BCUT2D eigenvalue weighted by molar-refractivity contribution is 6.32. The average molecular weight is 524 g/mol. The van der Waals surface area contributed by atoms with E-state index in [2.05, 4.69) is 43.0 Å². The smallest absolute Gasteiger partial charge is 0.238 e. The summed E-state index contributed by atoms with van der Waals surface area (Å²) in [6, 6.07) is 3.61. The average Bonchev–Trinajstić information content (AvgIpc) is 3.48. The van der Waals surface area contributed by atoms with Gasteiger partial charge >= 0.3 is 0 Å². The Morgan fingerprint density at radius 2 is 2.08 bits per heavy atom. The molecule has 194 valence electrons. The Morgan fingerprint density at radius 1 is 1.27 bits per heavy atom. The second-order valence-corrected chi connectivity index (χ2v) is 10.8. The van der Waals surface area contributed by atoms with Crippen LogP contribution < -0.4 is 26.4 Å². The van der Waals surface area contributed by atoms with Crippen molar-refractivity contribution in [3.05, 3.63) is 41.1 Å². The molecule has 5 N–H and O–H groups in total. The van der Waals surface area contributed by atoms with Crippen LogP contribution in [0, 0.1) is 23.7 Å². The zero-order valence-corrected chi connectivity index (χ0v) is 21.3. The summed E-state index contributed by atoms with van der Waals surface area (Å²) in [6.07, 6.45) is 9.05. The van der Waals surface area contributed by atoms with Gasteiger partial charge in [0.1, 0.15) is 10.8 Å². The van der Waals surface area contributed by atoms with Gasteiger partial charge in [0.15, 0.2) is 5.82 Å². The highest BCUT2D eigenvalue weighted by Crippen LogP contribution is 2.45. The van der Waals surface area contributed by atoms with Crippen LogP contribution in [0.5, 0.6) is 5.75 Å². The minimum absolute atomic E-state index is 0.0336. The van der Waals surface area contributed by atoms with E-state index in [1.807, 2.05) is 12.1 Å². The number of allylic oxidation sites excluding steroid dienone is 1. The van der Waals surface area contributed by atoms with Gasteiger partial charge in [0.05, 0.1) is 31.5 Å². The molecular formula is C26H30ClN7O3. The molecule has 0 unspecified atom stereocenters. The molecule has 1 aromatic heterocycles. The fourth-order valence-corrected chi connectivity index (χ4v) is 5.98. The van der Waals surface area contributed by atoms with Crippen LogP contribution in [0.4, 0.5) is 23.1 Å². The number of benzene rings is 1. The number of nitrogens with zero attached hydrogens (tertiary/aromatic N) is 3. The molecule has 1 aromatic carbocycles. The van der Waals surface area contributed by atoms with Crippen molar-refractivity contribution >= 4 is 46.6 Å². The predicted molar refractivity (Wildman–Crippen MR) is 141 cm³/mol. The summed E-state index contributed by atoms with van der Waals surface area (Å²) in [5.74, 6) is 1.68. The second-order valence-electron chi connectivity index (χ2n) is 10.4. The van der Waals surface area contributed by atoms with E-state index in [4.69, 9.17) is 22.1 Å². The van der Waals surface area contributed by atoms with Crippen molar-refractivity contribution in [1.29, 1.82) is 0 Å². The van der Waals surface area contributed by atoms with Crippen LogP contribution in [0.3, 0.4) is 0 Å². The number of nitrogens with one attached hydrogen (secondary N) is 3. The van der Waals surface area contributed by atoms with E-state index in [0.717, 1.165) is 24.2 Å². The lowest BCUT2D eigenvalue weighted by Gasteiger charge is -2.27.